The van der Waals surface area contributed by atoms with Crippen LogP contribution in [0.1, 0.15) is 5.56 Å². The Hall–Kier alpha value is -3.01. The summed E-state index contributed by atoms with van der Waals surface area (Å²) in [4.78, 5) is 12.3. The molecule has 0 amide bonds. The predicted molar refractivity (Wildman–Crippen MR) is 84.1 cm³/mol. The van der Waals surface area contributed by atoms with Crippen LogP contribution in [0.15, 0.2) is 62.2 Å². The SMILES string of the molecule is Cc1c(-c2oc3ccccc3c(=O)c2O)oc2ccccc12. The van der Waals surface area contributed by atoms with Crippen molar-refractivity contribution in [2.45, 2.75) is 6.92 Å². The van der Waals surface area contributed by atoms with Gasteiger partial charge >= 0.3 is 0 Å². The van der Waals surface area contributed by atoms with E-state index in [1.807, 2.05) is 31.2 Å². The molecule has 0 atom stereocenters. The van der Waals surface area contributed by atoms with Gasteiger partial charge in [0.1, 0.15) is 11.2 Å². The van der Waals surface area contributed by atoms with Crippen molar-refractivity contribution in [2.75, 3.05) is 0 Å². The number of benzene rings is 2. The fourth-order valence-electron chi connectivity index (χ4n) is 2.68. The minimum atomic E-state index is -0.461. The number of hydrogen-bond acceptors (Lipinski definition) is 4. The molecule has 0 saturated carbocycles. The van der Waals surface area contributed by atoms with Crippen molar-refractivity contribution in [2.24, 2.45) is 0 Å². The summed E-state index contributed by atoms with van der Waals surface area (Å²) in [6.45, 7) is 1.87. The third-order valence-electron chi connectivity index (χ3n) is 3.82. The summed E-state index contributed by atoms with van der Waals surface area (Å²) in [6, 6.07) is 14.3. The summed E-state index contributed by atoms with van der Waals surface area (Å²) in [7, 11) is 0. The van der Waals surface area contributed by atoms with E-state index in [1.165, 1.54) is 0 Å². The zero-order valence-corrected chi connectivity index (χ0v) is 11.8. The lowest BCUT2D eigenvalue weighted by Crippen LogP contribution is -2.02. The Balaban J connectivity index is 2.10. The zero-order valence-electron chi connectivity index (χ0n) is 11.8. The molecule has 0 aliphatic carbocycles. The predicted octanol–water partition coefficient (Wildman–Crippen LogP) is 4.22. The van der Waals surface area contributed by atoms with E-state index in [4.69, 9.17) is 8.83 Å². The largest absolute Gasteiger partial charge is 0.501 e. The van der Waals surface area contributed by atoms with Gasteiger partial charge in [0, 0.05) is 10.9 Å². The molecule has 4 heteroatoms. The second kappa shape index (κ2) is 4.49. The van der Waals surface area contributed by atoms with Gasteiger partial charge in [-0.25, -0.2) is 0 Å². The van der Waals surface area contributed by atoms with E-state index in [2.05, 4.69) is 0 Å². The van der Waals surface area contributed by atoms with Gasteiger partial charge in [0.05, 0.1) is 5.39 Å². The Morgan fingerprint density at radius 3 is 2.05 bits per heavy atom. The number of hydrogen-bond donors (Lipinski definition) is 1. The van der Waals surface area contributed by atoms with E-state index in [1.54, 1.807) is 24.3 Å². The second-order valence-electron chi connectivity index (χ2n) is 5.16. The quantitative estimate of drug-likeness (QED) is 0.570. The van der Waals surface area contributed by atoms with Crippen LogP contribution in [0.25, 0.3) is 33.5 Å². The van der Waals surface area contributed by atoms with Crippen molar-refractivity contribution >= 4 is 21.9 Å². The Kier molecular flexibility index (Phi) is 2.60. The van der Waals surface area contributed by atoms with Gasteiger partial charge < -0.3 is 13.9 Å². The summed E-state index contributed by atoms with van der Waals surface area (Å²) < 4.78 is 11.5. The Bertz CT molecular complexity index is 1070. The summed E-state index contributed by atoms with van der Waals surface area (Å²) >= 11 is 0. The highest BCUT2D eigenvalue weighted by Crippen LogP contribution is 2.37. The first kappa shape index (κ1) is 12.7. The maximum atomic E-state index is 12.3. The lowest BCUT2D eigenvalue weighted by atomic mass is 10.1. The second-order valence-corrected chi connectivity index (χ2v) is 5.16. The van der Waals surface area contributed by atoms with Crippen molar-refractivity contribution in [3.8, 4) is 17.3 Å². The summed E-state index contributed by atoms with van der Waals surface area (Å²) in [6.07, 6.45) is 0. The van der Waals surface area contributed by atoms with E-state index in [0.29, 0.717) is 22.3 Å². The van der Waals surface area contributed by atoms with E-state index in [9.17, 15) is 9.90 Å². The third-order valence-corrected chi connectivity index (χ3v) is 3.82. The fourth-order valence-corrected chi connectivity index (χ4v) is 2.68. The average Bonchev–Trinajstić information content (AvgIpc) is 2.88. The highest BCUT2D eigenvalue weighted by atomic mass is 16.4. The molecule has 0 bridgehead atoms. The van der Waals surface area contributed by atoms with Gasteiger partial charge in [0.15, 0.2) is 5.76 Å². The van der Waals surface area contributed by atoms with Gasteiger partial charge in [-0.1, -0.05) is 30.3 Å². The van der Waals surface area contributed by atoms with Crippen LogP contribution < -0.4 is 5.43 Å². The minimum absolute atomic E-state index is 0.0670. The maximum Gasteiger partial charge on any atom is 0.235 e. The molecule has 4 rings (SSSR count). The van der Waals surface area contributed by atoms with Crippen LogP contribution in [0.4, 0.5) is 0 Å². The molecular weight excluding hydrogens is 280 g/mol. The zero-order chi connectivity index (χ0) is 15.3. The van der Waals surface area contributed by atoms with Crippen LogP contribution in [0.3, 0.4) is 0 Å². The van der Waals surface area contributed by atoms with Gasteiger partial charge in [-0.2, -0.15) is 0 Å². The molecule has 0 spiro atoms. The Morgan fingerprint density at radius 1 is 0.818 bits per heavy atom. The van der Waals surface area contributed by atoms with Crippen LogP contribution in [-0.4, -0.2) is 5.11 Å². The van der Waals surface area contributed by atoms with Crippen molar-refractivity contribution in [3.05, 3.63) is 64.3 Å². The molecule has 4 nitrogen and oxygen atoms in total. The molecule has 0 radical (unpaired) electrons. The molecule has 2 heterocycles. The number of furan rings is 1. The monoisotopic (exact) mass is 292 g/mol. The third kappa shape index (κ3) is 1.67. The van der Waals surface area contributed by atoms with Gasteiger partial charge in [-0.15, -0.1) is 0 Å². The topological polar surface area (TPSA) is 63.6 Å². The summed E-state index contributed by atoms with van der Waals surface area (Å²) in [5, 5.41) is 11.5. The molecule has 22 heavy (non-hydrogen) atoms. The van der Waals surface area contributed by atoms with Crippen molar-refractivity contribution in [1.29, 1.82) is 0 Å². The lowest BCUT2D eigenvalue weighted by Gasteiger charge is -2.04. The van der Waals surface area contributed by atoms with Crippen molar-refractivity contribution in [1.82, 2.24) is 0 Å². The number of para-hydroxylation sites is 2. The van der Waals surface area contributed by atoms with Crippen LogP contribution in [0, 0.1) is 6.92 Å². The van der Waals surface area contributed by atoms with E-state index < -0.39 is 11.2 Å². The average molecular weight is 292 g/mol. The molecule has 0 aliphatic rings. The lowest BCUT2D eigenvalue weighted by molar-refractivity contribution is 0.441. The molecule has 1 N–H and O–H groups in total. The van der Waals surface area contributed by atoms with Crippen molar-refractivity contribution < 1.29 is 13.9 Å². The standard InChI is InChI=1S/C18H12O4/c1-10-11-6-2-4-8-13(11)21-17(10)18-16(20)15(19)12-7-3-5-9-14(12)22-18/h2-9,20H,1H3. The Labute approximate surface area is 125 Å². The van der Waals surface area contributed by atoms with E-state index in [0.717, 1.165) is 10.9 Å². The van der Waals surface area contributed by atoms with Gasteiger partial charge in [0.25, 0.3) is 0 Å². The highest BCUT2D eigenvalue weighted by molar-refractivity contribution is 5.89. The van der Waals surface area contributed by atoms with E-state index >= 15 is 0 Å². The molecule has 0 saturated heterocycles. The first-order valence-corrected chi connectivity index (χ1v) is 6.90. The van der Waals surface area contributed by atoms with E-state index in [-0.39, 0.29) is 5.76 Å². The van der Waals surface area contributed by atoms with Gasteiger partial charge in [-0.05, 0) is 25.1 Å². The van der Waals surface area contributed by atoms with Gasteiger partial charge in [-0.3, -0.25) is 4.79 Å². The summed E-state index contributed by atoms with van der Waals surface area (Å²) in [5.74, 6) is 0.0137. The minimum Gasteiger partial charge on any atom is -0.501 e. The van der Waals surface area contributed by atoms with Crippen LogP contribution >= 0.6 is 0 Å². The van der Waals surface area contributed by atoms with Gasteiger partial charge in [0.2, 0.25) is 16.9 Å². The Morgan fingerprint density at radius 2 is 1.36 bits per heavy atom. The maximum absolute atomic E-state index is 12.3. The molecule has 4 aromatic rings. The smallest absolute Gasteiger partial charge is 0.235 e. The molecule has 0 fully saturated rings. The summed E-state index contributed by atoms with van der Waals surface area (Å²) in [5.41, 5.74) is 1.46. The van der Waals surface area contributed by atoms with Crippen LogP contribution in [0.5, 0.6) is 5.75 Å². The molecular formula is C18H12O4. The van der Waals surface area contributed by atoms with Crippen molar-refractivity contribution in [3.63, 3.8) is 0 Å². The number of aromatic hydroxyl groups is 1. The molecule has 108 valence electrons. The molecule has 0 aliphatic heterocycles. The molecule has 2 aromatic heterocycles. The number of aryl methyl sites for hydroxylation is 1. The normalized spacial score (nSPS) is 11.3. The highest BCUT2D eigenvalue weighted by Gasteiger charge is 2.21. The molecule has 0 unspecified atom stereocenters. The number of fused-ring (bicyclic) bond motifs is 2. The first-order valence-electron chi connectivity index (χ1n) is 6.90. The molecule has 2 aromatic carbocycles. The number of rotatable bonds is 1. The van der Waals surface area contributed by atoms with Crippen LogP contribution in [0.2, 0.25) is 0 Å². The fraction of sp³-hybridized carbons (Fsp3) is 0.0556. The first-order chi connectivity index (χ1) is 10.7. The van der Waals surface area contributed by atoms with Crippen LogP contribution in [-0.2, 0) is 0 Å².